The third-order valence-corrected chi connectivity index (χ3v) is 8.03. The van der Waals surface area contributed by atoms with Crippen molar-refractivity contribution in [3.63, 3.8) is 0 Å². The van der Waals surface area contributed by atoms with Gasteiger partial charge in [0, 0.05) is 24.7 Å². The molecule has 1 saturated heterocycles. The number of fused-ring (bicyclic) bond motifs is 1. The lowest BCUT2D eigenvalue weighted by atomic mass is 10.0. The molecule has 1 saturated carbocycles. The number of hydrogen-bond acceptors (Lipinski definition) is 8. The van der Waals surface area contributed by atoms with Gasteiger partial charge in [-0.25, -0.2) is 18.9 Å². The van der Waals surface area contributed by atoms with Crippen molar-refractivity contribution in [1.29, 1.82) is 0 Å². The minimum atomic E-state index is -1.45. The molecule has 1 N–H and O–H groups in total. The third kappa shape index (κ3) is 6.06. The van der Waals surface area contributed by atoms with Gasteiger partial charge in [0.2, 0.25) is 0 Å². The van der Waals surface area contributed by atoms with Gasteiger partial charge in [-0.05, 0) is 84.6 Å². The summed E-state index contributed by atoms with van der Waals surface area (Å²) in [5.74, 6) is 0.0964. The van der Waals surface area contributed by atoms with E-state index in [1.54, 1.807) is 11.8 Å². The lowest BCUT2D eigenvalue weighted by Gasteiger charge is -2.33. The van der Waals surface area contributed by atoms with Gasteiger partial charge in [-0.15, -0.1) is 5.10 Å². The summed E-state index contributed by atoms with van der Waals surface area (Å²) in [6.45, 7) is 10.3. The molecule has 0 radical (unpaired) electrons. The van der Waals surface area contributed by atoms with E-state index in [2.05, 4.69) is 24.8 Å². The van der Waals surface area contributed by atoms with E-state index in [1.807, 2.05) is 50.8 Å². The minimum Gasteiger partial charge on any atom is -0.488 e. The van der Waals surface area contributed by atoms with E-state index in [-0.39, 0.29) is 18.7 Å². The van der Waals surface area contributed by atoms with Crippen LogP contribution in [-0.4, -0.2) is 70.9 Å². The number of hydrogen-bond donors (Lipinski definition) is 1. The van der Waals surface area contributed by atoms with Gasteiger partial charge < -0.3 is 24.0 Å². The van der Waals surface area contributed by atoms with Gasteiger partial charge in [0.15, 0.2) is 0 Å². The average Bonchev–Trinajstić information content (AvgIpc) is 3.59. The first kappa shape index (κ1) is 29.0. The van der Waals surface area contributed by atoms with Gasteiger partial charge in [0.1, 0.15) is 40.6 Å². The molecular weight excluding hydrogens is 553 g/mol. The largest absolute Gasteiger partial charge is 0.488 e. The number of imidazole rings is 1. The number of carbonyl (C=O) groups excluding carboxylic acids is 1. The van der Waals surface area contributed by atoms with Crippen LogP contribution in [0.25, 0.3) is 22.3 Å². The number of nitrogens with zero attached hydrogens (tertiary/aromatic N) is 7. The molecule has 1 aliphatic heterocycles. The van der Waals surface area contributed by atoms with Crippen LogP contribution >= 0.6 is 0 Å². The molecule has 1 aliphatic carbocycles. The van der Waals surface area contributed by atoms with Crippen molar-refractivity contribution >= 4 is 17.1 Å². The molecule has 2 fully saturated rings. The smallest absolute Gasteiger partial charge is 0.410 e. The van der Waals surface area contributed by atoms with Crippen LogP contribution in [0.1, 0.15) is 76.8 Å². The van der Waals surface area contributed by atoms with Crippen molar-refractivity contribution in [2.45, 2.75) is 83.6 Å². The number of rotatable bonds is 7. The van der Waals surface area contributed by atoms with Gasteiger partial charge in [-0.3, -0.25) is 4.98 Å². The number of benzene rings is 1. The molecule has 0 spiro atoms. The lowest BCUT2D eigenvalue weighted by Crippen LogP contribution is -2.42. The molecule has 228 valence electrons. The first-order valence-electron chi connectivity index (χ1n) is 14.8. The van der Waals surface area contributed by atoms with E-state index >= 15 is 0 Å². The molecule has 1 aromatic carbocycles. The average molecular weight is 592 g/mol. The number of aliphatic hydroxyl groups is 1. The second-order valence-electron chi connectivity index (χ2n) is 12.8. The van der Waals surface area contributed by atoms with E-state index in [4.69, 9.17) is 9.47 Å². The standard InChI is InChI=1S/C31H38FN7O4/c1-19-27(35-36-39(19)23-10-12-37(13-11-23)29(40)43-30(2,3)4)20-14-24-28(38(18-34-24)22-7-8-22)25(15-20)42-17-31(5,41)26-9-6-21(32)16-33-26/h6,9,14-16,18,22-23,41H,7-8,10-13,17H2,1-5H3. The van der Waals surface area contributed by atoms with Crippen molar-refractivity contribution in [3.8, 4) is 17.0 Å². The van der Waals surface area contributed by atoms with Gasteiger partial charge in [0.05, 0.1) is 35.5 Å². The number of likely N-dealkylation sites (tertiary alicyclic amines) is 1. The molecule has 2 aliphatic rings. The minimum absolute atomic E-state index is 0.0953. The second kappa shape index (κ2) is 10.9. The zero-order valence-electron chi connectivity index (χ0n) is 25.2. The van der Waals surface area contributed by atoms with Crippen LogP contribution in [0.4, 0.5) is 9.18 Å². The first-order valence-corrected chi connectivity index (χ1v) is 14.8. The Labute approximate surface area is 249 Å². The predicted molar refractivity (Wildman–Crippen MR) is 157 cm³/mol. The number of pyridine rings is 1. The molecule has 12 heteroatoms. The number of amides is 1. The van der Waals surface area contributed by atoms with Crippen molar-refractivity contribution < 1.29 is 23.8 Å². The van der Waals surface area contributed by atoms with Crippen LogP contribution in [-0.2, 0) is 10.3 Å². The summed E-state index contributed by atoms with van der Waals surface area (Å²) in [6, 6.07) is 7.11. The van der Waals surface area contributed by atoms with Gasteiger partial charge in [-0.2, -0.15) is 0 Å². The maximum atomic E-state index is 13.4. The Kier molecular flexibility index (Phi) is 7.35. The summed E-state index contributed by atoms with van der Waals surface area (Å²) in [7, 11) is 0. The Bertz CT molecular complexity index is 1630. The van der Waals surface area contributed by atoms with E-state index < -0.39 is 17.0 Å². The van der Waals surface area contributed by atoms with E-state index in [1.165, 1.54) is 12.1 Å². The highest BCUT2D eigenvalue weighted by molar-refractivity contribution is 5.88. The van der Waals surface area contributed by atoms with Gasteiger partial charge >= 0.3 is 6.09 Å². The van der Waals surface area contributed by atoms with Crippen LogP contribution in [0, 0.1) is 12.7 Å². The highest BCUT2D eigenvalue weighted by Gasteiger charge is 2.32. The van der Waals surface area contributed by atoms with Crippen LogP contribution in [0.5, 0.6) is 5.75 Å². The molecule has 11 nitrogen and oxygen atoms in total. The van der Waals surface area contributed by atoms with Crippen molar-refractivity contribution in [1.82, 2.24) is 34.4 Å². The summed E-state index contributed by atoms with van der Waals surface area (Å²) in [5.41, 5.74) is 2.38. The molecule has 1 atom stereocenters. The Morgan fingerprint density at radius 3 is 2.47 bits per heavy atom. The van der Waals surface area contributed by atoms with E-state index in [0.29, 0.717) is 36.3 Å². The molecule has 1 unspecified atom stereocenters. The molecule has 3 aromatic heterocycles. The normalized spacial score (nSPS) is 17.7. The van der Waals surface area contributed by atoms with Gasteiger partial charge in [-0.1, -0.05) is 5.21 Å². The number of ether oxygens (including phenoxy) is 2. The number of piperidine rings is 1. The van der Waals surface area contributed by atoms with Crippen molar-refractivity contribution in [3.05, 3.63) is 54.0 Å². The fourth-order valence-electron chi connectivity index (χ4n) is 5.57. The summed E-state index contributed by atoms with van der Waals surface area (Å²) >= 11 is 0. The van der Waals surface area contributed by atoms with Crippen LogP contribution in [0.2, 0.25) is 0 Å². The predicted octanol–water partition coefficient (Wildman–Crippen LogP) is 5.33. The molecule has 6 rings (SSSR count). The zero-order valence-corrected chi connectivity index (χ0v) is 25.2. The van der Waals surface area contributed by atoms with Gasteiger partial charge in [0.25, 0.3) is 0 Å². The number of halogens is 1. The zero-order chi connectivity index (χ0) is 30.5. The van der Waals surface area contributed by atoms with E-state index in [9.17, 15) is 14.3 Å². The molecule has 43 heavy (non-hydrogen) atoms. The highest BCUT2D eigenvalue weighted by atomic mass is 19.1. The summed E-state index contributed by atoms with van der Waals surface area (Å²) in [5, 5.41) is 20.2. The Balaban J connectivity index is 1.25. The fraction of sp³-hybridized carbons (Fsp3) is 0.516. The number of aromatic nitrogens is 6. The molecule has 4 aromatic rings. The lowest BCUT2D eigenvalue weighted by molar-refractivity contribution is 0.00420. The monoisotopic (exact) mass is 591 g/mol. The SMILES string of the molecule is Cc1c(-c2cc(OCC(C)(O)c3ccc(F)cn3)c3c(c2)ncn3C2CC2)nnn1C1CCN(C(=O)OC(C)(C)C)CC1. The first-order chi connectivity index (χ1) is 20.4. The molecule has 0 bridgehead atoms. The van der Waals surface area contributed by atoms with Crippen LogP contribution < -0.4 is 4.74 Å². The quantitative estimate of drug-likeness (QED) is 0.306. The second-order valence-corrected chi connectivity index (χ2v) is 12.8. The van der Waals surface area contributed by atoms with Crippen molar-refractivity contribution in [2.75, 3.05) is 19.7 Å². The van der Waals surface area contributed by atoms with Crippen molar-refractivity contribution in [2.24, 2.45) is 0 Å². The molecule has 4 heterocycles. The highest BCUT2D eigenvalue weighted by Crippen LogP contribution is 2.42. The maximum Gasteiger partial charge on any atom is 0.410 e. The number of carbonyl (C=O) groups is 1. The Hall–Kier alpha value is -4.06. The maximum absolute atomic E-state index is 13.4. The summed E-state index contributed by atoms with van der Waals surface area (Å²) in [4.78, 5) is 23.0. The Morgan fingerprint density at radius 2 is 1.81 bits per heavy atom. The third-order valence-electron chi connectivity index (χ3n) is 8.03. The summed E-state index contributed by atoms with van der Waals surface area (Å²) < 4.78 is 29.3. The fourth-order valence-corrected chi connectivity index (χ4v) is 5.57. The van der Waals surface area contributed by atoms with E-state index in [0.717, 1.165) is 54.2 Å². The Morgan fingerprint density at radius 1 is 1.07 bits per heavy atom. The molecular formula is C31H38FN7O4. The van der Waals surface area contributed by atoms with Crippen LogP contribution in [0.15, 0.2) is 36.8 Å². The summed E-state index contributed by atoms with van der Waals surface area (Å²) in [6.07, 6.45) is 6.26. The topological polar surface area (TPSA) is 120 Å². The van der Waals surface area contributed by atoms with Crippen LogP contribution in [0.3, 0.4) is 0 Å². The molecule has 1 amide bonds.